The normalized spacial score (nSPS) is 22.6. The van der Waals surface area contributed by atoms with E-state index in [4.69, 9.17) is 9.47 Å². The summed E-state index contributed by atoms with van der Waals surface area (Å²) in [6, 6.07) is 0.176. The minimum Gasteiger partial charge on any atom is -0.447 e. The summed E-state index contributed by atoms with van der Waals surface area (Å²) in [7, 11) is 0. The molecule has 0 spiro atoms. The van der Waals surface area contributed by atoms with Crippen molar-refractivity contribution >= 4 is 6.09 Å². The van der Waals surface area contributed by atoms with Crippen LogP contribution >= 0.6 is 0 Å². The zero-order valence-electron chi connectivity index (χ0n) is 9.16. The topological polar surface area (TPSA) is 38.8 Å². The molecule has 1 unspecified atom stereocenters. The molecule has 1 heterocycles. The van der Waals surface area contributed by atoms with E-state index < -0.39 is 0 Å². The van der Waals surface area contributed by atoms with Crippen LogP contribution < -0.4 is 0 Å². The largest absolute Gasteiger partial charge is 0.447 e. The average Bonchev–Trinajstić information content (AvgIpc) is 2.16. The van der Waals surface area contributed by atoms with E-state index in [9.17, 15) is 4.79 Å². The predicted molar refractivity (Wildman–Crippen MR) is 53.2 cm³/mol. The Bertz CT molecular complexity index is 194. The Morgan fingerprint density at radius 3 is 2.93 bits per heavy atom. The summed E-state index contributed by atoms with van der Waals surface area (Å²) in [6.45, 7) is 7.66. The SMILES string of the molecule is CCC1COCCN1C(=O)OC(C)C. The van der Waals surface area contributed by atoms with Crippen LogP contribution in [0.1, 0.15) is 27.2 Å². The van der Waals surface area contributed by atoms with E-state index in [2.05, 4.69) is 6.92 Å². The average molecular weight is 201 g/mol. The second-order valence-electron chi connectivity index (χ2n) is 3.76. The molecule has 1 aliphatic rings. The van der Waals surface area contributed by atoms with Crippen molar-refractivity contribution in [1.82, 2.24) is 4.90 Å². The van der Waals surface area contributed by atoms with Crippen LogP contribution in [0, 0.1) is 0 Å². The summed E-state index contributed by atoms with van der Waals surface area (Å²) in [6.07, 6.45) is 0.644. The minimum atomic E-state index is -0.213. The fourth-order valence-electron chi connectivity index (χ4n) is 1.50. The molecule has 0 aromatic rings. The molecule has 0 bridgehead atoms. The third-order valence-corrected chi connectivity index (χ3v) is 2.27. The van der Waals surface area contributed by atoms with Gasteiger partial charge in [-0.3, -0.25) is 0 Å². The molecule has 14 heavy (non-hydrogen) atoms. The maximum absolute atomic E-state index is 11.6. The molecule has 4 nitrogen and oxygen atoms in total. The lowest BCUT2D eigenvalue weighted by Crippen LogP contribution is -2.49. The summed E-state index contributed by atoms with van der Waals surface area (Å²) in [5, 5.41) is 0. The van der Waals surface area contributed by atoms with Gasteiger partial charge >= 0.3 is 6.09 Å². The van der Waals surface area contributed by atoms with Crippen LogP contribution in [0.25, 0.3) is 0 Å². The Morgan fingerprint density at radius 1 is 1.64 bits per heavy atom. The predicted octanol–water partition coefficient (Wildman–Crippen LogP) is 1.64. The maximum atomic E-state index is 11.6. The summed E-state index contributed by atoms with van der Waals surface area (Å²) in [5.41, 5.74) is 0. The van der Waals surface area contributed by atoms with Gasteiger partial charge in [0.25, 0.3) is 0 Å². The number of hydrogen-bond donors (Lipinski definition) is 0. The van der Waals surface area contributed by atoms with Gasteiger partial charge in [0.15, 0.2) is 0 Å². The lowest BCUT2D eigenvalue weighted by Gasteiger charge is -2.34. The van der Waals surface area contributed by atoms with Gasteiger partial charge in [-0.15, -0.1) is 0 Å². The van der Waals surface area contributed by atoms with Crippen LogP contribution in [0.3, 0.4) is 0 Å². The molecule has 0 aliphatic carbocycles. The fraction of sp³-hybridized carbons (Fsp3) is 0.900. The Kier molecular flexibility index (Phi) is 4.20. The standard InChI is InChI=1S/C10H19NO3/c1-4-9-7-13-6-5-11(9)10(12)14-8(2)3/h8-9H,4-7H2,1-3H3. The van der Waals surface area contributed by atoms with Crippen molar-refractivity contribution in [2.45, 2.75) is 39.3 Å². The highest BCUT2D eigenvalue weighted by atomic mass is 16.6. The summed E-state index contributed by atoms with van der Waals surface area (Å²) in [5.74, 6) is 0. The molecule has 0 aromatic carbocycles. The van der Waals surface area contributed by atoms with Crippen LogP contribution in [0.4, 0.5) is 4.79 Å². The van der Waals surface area contributed by atoms with Crippen molar-refractivity contribution in [3.63, 3.8) is 0 Å². The molecule has 1 aliphatic heterocycles. The molecule has 1 saturated heterocycles. The Hall–Kier alpha value is -0.770. The lowest BCUT2D eigenvalue weighted by molar-refractivity contribution is -0.0161. The third kappa shape index (κ3) is 2.87. The first-order valence-electron chi connectivity index (χ1n) is 5.20. The highest BCUT2D eigenvalue weighted by molar-refractivity contribution is 5.68. The van der Waals surface area contributed by atoms with E-state index in [0.29, 0.717) is 19.8 Å². The molecule has 82 valence electrons. The zero-order chi connectivity index (χ0) is 10.6. The molecular weight excluding hydrogens is 182 g/mol. The van der Waals surface area contributed by atoms with Crippen LogP contribution in [0.2, 0.25) is 0 Å². The van der Waals surface area contributed by atoms with Crippen LogP contribution in [-0.2, 0) is 9.47 Å². The van der Waals surface area contributed by atoms with Gasteiger partial charge in [0.1, 0.15) is 0 Å². The molecule has 1 atom stereocenters. The number of carbonyl (C=O) groups excluding carboxylic acids is 1. The summed E-state index contributed by atoms with van der Waals surface area (Å²) >= 11 is 0. The van der Waals surface area contributed by atoms with Crippen molar-refractivity contribution in [2.75, 3.05) is 19.8 Å². The highest BCUT2D eigenvalue weighted by Gasteiger charge is 2.27. The van der Waals surface area contributed by atoms with Gasteiger partial charge in [-0.05, 0) is 20.3 Å². The molecule has 0 aromatic heterocycles. The first-order chi connectivity index (χ1) is 6.65. The first-order valence-corrected chi connectivity index (χ1v) is 5.20. The van der Waals surface area contributed by atoms with Gasteiger partial charge in [-0.2, -0.15) is 0 Å². The van der Waals surface area contributed by atoms with E-state index in [0.717, 1.165) is 6.42 Å². The second kappa shape index (κ2) is 5.20. The van der Waals surface area contributed by atoms with Gasteiger partial charge in [-0.25, -0.2) is 4.79 Å². The number of ether oxygens (including phenoxy) is 2. The number of nitrogens with zero attached hydrogens (tertiary/aromatic N) is 1. The second-order valence-corrected chi connectivity index (χ2v) is 3.76. The van der Waals surface area contributed by atoms with E-state index >= 15 is 0 Å². The monoisotopic (exact) mass is 201 g/mol. The molecule has 0 N–H and O–H groups in total. The number of hydrogen-bond acceptors (Lipinski definition) is 3. The van der Waals surface area contributed by atoms with E-state index in [1.165, 1.54) is 0 Å². The zero-order valence-corrected chi connectivity index (χ0v) is 9.16. The molecule has 1 rings (SSSR count). The molecule has 1 amide bonds. The van der Waals surface area contributed by atoms with E-state index in [1.807, 2.05) is 13.8 Å². The first kappa shape index (κ1) is 11.3. The van der Waals surface area contributed by atoms with Crippen molar-refractivity contribution < 1.29 is 14.3 Å². The number of rotatable bonds is 2. The lowest BCUT2D eigenvalue weighted by atomic mass is 10.2. The van der Waals surface area contributed by atoms with Crippen molar-refractivity contribution in [1.29, 1.82) is 0 Å². The van der Waals surface area contributed by atoms with Crippen molar-refractivity contribution in [3.05, 3.63) is 0 Å². The van der Waals surface area contributed by atoms with Gasteiger partial charge in [0, 0.05) is 6.54 Å². The third-order valence-electron chi connectivity index (χ3n) is 2.27. The van der Waals surface area contributed by atoms with Crippen LogP contribution in [0.5, 0.6) is 0 Å². The van der Waals surface area contributed by atoms with Crippen molar-refractivity contribution in [3.8, 4) is 0 Å². The highest BCUT2D eigenvalue weighted by Crippen LogP contribution is 2.12. The Morgan fingerprint density at radius 2 is 2.36 bits per heavy atom. The van der Waals surface area contributed by atoms with E-state index in [-0.39, 0.29) is 18.2 Å². The van der Waals surface area contributed by atoms with Gasteiger partial charge in [-0.1, -0.05) is 6.92 Å². The molecule has 4 heteroatoms. The molecule has 1 fully saturated rings. The Balaban J connectivity index is 2.50. The van der Waals surface area contributed by atoms with Gasteiger partial charge in [0.2, 0.25) is 0 Å². The fourth-order valence-corrected chi connectivity index (χ4v) is 1.50. The maximum Gasteiger partial charge on any atom is 0.410 e. The molecule has 0 radical (unpaired) electrons. The smallest absolute Gasteiger partial charge is 0.410 e. The molecular formula is C10H19NO3. The Labute approximate surface area is 85.2 Å². The van der Waals surface area contributed by atoms with Gasteiger partial charge in [0.05, 0.1) is 25.4 Å². The minimum absolute atomic E-state index is 0.0529. The summed E-state index contributed by atoms with van der Waals surface area (Å²) in [4.78, 5) is 13.4. The van der Waals surface area contributed by atoms with Crippen LogP contribution in [-0.4, -0.2) is 42.9 Å². The number of amides is 1. The van der Waals surface area contributed by atoms with E-state index in [1.54, 1.807) is 4.90 Å². The van der Waals surface area contributed by atoms with Crippen molar-refractivity contribution in [2.24, 2.45) is 0 Å². The number of morpholine rings is 1. The number of carbonyl (C=O) groups is 1. The quantitative estimate of drug-likeness (QED) is 0.681. The molecule has 0 saturated carbocycles. The van der Waals surface area contributed by atoms with Crippen LogP contribution in [0.15, 0.2) is 0 Å². The summed E-state index contributed by atoms with van der Waals surface area (Å²) < 4.78 is 10.5. The van der Waals surface area contributed by atoms with Gasteiger partial charge < -0.3 is 14.4 Å².